The minimum atomic E-state index is -0.102. The van der Waals surface area contributed by atoms with Gasteiger partial charge in [-0.3, -0.25) is 0 Å². The Balaban J connectivity index is 1.33. The maximum absolute atomic E-state index is 13.9. The third-order valence-corrected chi connectivity index (χ3v) is 7.23. The highest BCUT2D eigenvalue weighted by Gasteiger charge is 2.44. The second-order valence-electron chi connectivity index (χ2n) is 7.79. The molecule has 1 spiro atoms. The van der Waals surface area contributed by atoms with Crippen molar-refractivity contribution in [3.05, 3.63) is 70.6 Å². The summed E-state index contributed by atoms with van der Waals surface area (Å²) in [5.41, 5.74) is 4.65. The number of rotatable bonds is 5. The summed E-state index contributed by atoms with van der Waals surface area (Å²) >= 11 is 7.72. The zero-order valence-electron chi connectivity index (χ0n) is 16.2. The average Bonchev–Trinajstić information content (AvgIpc) is 2.95. The molecule has 0 aliphatic carbocycles. The zero-order chi connectivity index (χ0) is 19.7. The van der Waals surface area contributed by atoms with Gasteiger partial charge in [-0.05, 0) is 93.0 Å². The Morgan fingerprint density at radius 1 is 1.21 bits per heavy atom. The molecule has 0 atom stereocenters. The van der Waals surface area contributed by atoms with Crippen LogP contribution in [0.3, 0.4) is 0 Å². The first-order valence-electron chi connectivity index (χ1n) is 9.83. The highest BCUT2D eigenvalue weighted by molar-refractivity contribution is 7.98. The van der Waals surface area contributed by atoms with Crippen LogP contribution in [-0.2, 0) is 11.8 Å². The molecule has 28 heavy (non-hydrogen) atoms. The van der Waals surface area contributed by atoms with Gasteiger partial charge < -0.3 is 10.2 Å². The van der Waals surface area contributed by atoms with Gasteiger partial charge in [-0.15, -0.1) is 11.8 Å². The summed E-state index contributed by atoms with van der Waals surface area (Å²) in [6.45, 7) is 7.46. The van der Waals surface area contributed by atoms with E-state index < -0.39 is 0 Å². The third kappa shape index (κ3) is 3.70. The Labute approximate surface area is 176 Å². The standard InChI is InChI=1S/C23H26ClFN2S/c1-16-23(19-15-18(24)6-7-21(19)26-16)9-12-27(13-10-23)11-3-4-17-5-8-22(28-2)20(25)14-17/h5-8,14-15,26H,1,3-4,9-13H2,2H3. The molecule has 148 valence electrons. The van der Waals surface area contributed by atoms with Crippen LogP contribution in [0.1, 0.15) is 30.4 Å². The Bertz CT molecular complexity index is 890. The minimum Gasteiger partial charge on any atom is -0.358 e. The predicted molar refractivity (Wildman–Crippen MR) is 118 cm³/mol. The number of halogens is 2. The van der Waals surface area contributed by atoms with Crippen LogP contribution < -0.4 is 5.32 Å². The number of hydrogen-bond acceptors (Lipinski definition) is 3. The SMILES string of the molecule is C=C1Nc2ccc(Cl)cc2C12CCN(CCCc1ccc(SC)c(F)c1)CC2. The van der Waals surface area contributed by atoms with Gasteiger partial charge in [0, 0.05) is 26.7 Å². The van der Waals surface area contributed by atoms with E-state index in [4.69, 9.17) is 11.6 Å². The second-order valence-corrected chi connectivity index (χ2v) is 9.07. The van der Waals surface area contributed by atoms with Gasteiger partial charge in [0.15, 0.2) is 0 Å². The summed E-state index contributed by atoms with van der Waals surface area (Å²) < 4.78 is 13.9. The van der Waals surface area contributed by atoms with Crippen LogP contribution in [0.4, 0.5) is 10.1 Å². The second kappa shape index (κ2) is 8.10. The number of allylic oxidation sites excluding steroid dienone is 1. The molecule has 0 radical (unpaired) electrons. The molecule has 5 heteroatoms. The lowest BCUT2D eigenvalue weighted by Gasteiger charge is -2.40. The lowest BCUT2D eigenvalue weighted by molar-refractivity contribution is 0.179. The first-order chi connectivity index (χ1) is 13.5. The van der Waals surface area contributed by atoms with Gasteiger partial charge in [0.2, 0.25) is 0 Å². The predicted octanol–water partition coefficient (Wildman–Crippen LogP) is 6.11. The zero-order valence-corrected chi connectivity index (χ0v) is 17.8. The molecule has 2 heterocycles. The molecule has 4 rings (SSSR count). The van der Waals surface area contributed by atoms with Gasteiger partial charge in [-0.2, -0.15) is 0 Å². The number of nitrogens with one attached hydrogen (secondary N) is 1. The molecule has 1 fully saturated rings. The van der Waals surface area contributed by atoms with E-state index in [1.54, 1.807) is 6.07 Å². The molecular formula is C23H26ClFN2S. The van der Waals surface area contributed by atoms with Crippen LogP contribution in [-0.4, -0.2) is 30.8 Å². The number of piperidine rings is 1. The van der Waals surface area contributed by atoms with Gasteiger partial charge in [-0.1, -0.05) is 24.2 Å². The van der Waals surface area contributed by atoms with Crippen LogP contribution in [0.2, 0.25) is 5.02 Å². The van der Waals surface area contributed by atoms with Gasteiger partial charge in [0.05, 0.1) is 0 Å². The Morgan fingerprint density at radius 3 is 2.71 bits per heavy atom. The molecule has 0 saturated carbocycles. The van der Waals surface area contributed by atoms with E-state index in [-0.39, 0.29) is 11.2 Å². The minimum absolute atomic E-state index is 0.00745. The molecule has 2 aliphatic heterocycles. The topological polar surface area (TPSA) is 15.3 Å². The van der Waals surface area contributed by atoms with Crippen molar-refractivity contribution in [1.29, 1.82) is 0 Å². The summed E-state index contributed by atoms with van der Waals surface area (Å²) in [4.78, 5) is 3.24. The van der Waals surface area contributed by atoms with E-state index in [1.807, 2.05) is 18.4 Å². The highest BCUT2D eigenvalue weighted by atomic mass is 35.5. The Kier molecular flexibility index (Phi) is 5.73. The number of likely N-dealkylation sites (tertiary alicyclic amines) is 1. The third-order valence-electron chi connectivity index (χ3n) is 6.23. The summed E-state index contributed by atoms with van der Waals surface area (Å²) in [5.74, 6) is -0.102. The fraction of sp³-hybridized carbons (Fsp3) is 0.391. The first-order valence-corrected chi connectivity index (χ1v) is 11.4. The van der Waals surface area contributed by atoms with Crippen LogP contribution in [0, 0.1) is 5.82 Å². The van der Waals surface area contributed by atoms with E-state index in [1.165, 1.54) is 17.3 Å². The molecule has 1 saturated heterocycles. The Hall–Kier alpha value is -1.49. The van der Waals surface area contributed by atoms with Crippen molar-refractivity contribution in [2.75, 3.05) is 31.2 Å². The number of thioether (sulfide) groups is 1. The molecular weight excluding hydrogens is 391 g/mol. The summed E-state index contributed by atoms with van der Waals surface area (Å²) in [7, 11) is 0. The van der Waals surface area contributed by atoms with Crippen molar-refractivity contribution in [2.24, 2.45) is 0 Å². The van der Waals surface area contributed by atoms with Crippen LogP contribution in [0.25, 0.3) is 0 Å². The molecule has 2 aromatic rings. The number of benzene rings is 2. The van der Waals surface area contributed by atoms with Crippen molar-refractivity contribution >= 4 is 29.1 Å². The number of nitrogens with zero attached hydrogens (tertiary/aromatic N) is 1. The molecule has 0 bridgehead atoms. The number of aryl methyl sites for hydroxylation is 1. The molecule has 2 nitrogen and oxygen atoms in total. The molecule has 0 unspecified atom stereocenters. The average molecular weight is 417 g/mol. The molecule has 2 aromatic carbocycles. The molecule has 2 aliphatic rings. The van der Waals surface area contributed by atoms with Crippen molar-refractivity contribution in [2.45, 2.75) is 36.0 Å². The highest BCUT2D eigenvalue weighted by Crippen LogP contribution is 2.50. The van der Waals surface area contributed by atoms with Crippen molar-refractivity contribution in [1.82, 2.24) is 4.90 Å². The van der Waals surface area contributed by atoms with Gasteiger partial charge >= 0.3 is 0 Å². The van der Waals surface area contributed by atoms with Crippen molar-refractivity contribution < 1.29 is 4.39 Å². The fourth-order valence-electron chi connectivity index (χ4n) is 4.57. The van der Waals surface area contributed by atoms with Gasteiger partial charge in [0.1, 0.15) is 5.82 Å². The van der Waals surface area contributed by atoms with Crippen LogP contribution >= 0.6 is 23.4 Å². The van der Waals surface area contributed by atoms with E-state index >= 15 is 0 Å². The summed E-state index contributed by atoms with van der Waals surface area (Å²) in [5, 5.41) is 4.26. The monoisotopic (exact) mass is 416 g/mol. The van der Waals surface area contributed by atoms with Crippen molar-refractivity contribution in [3.63, 3.8) is 0 Å². The largest absolute Gasteiger partial charge is 0.358 e. The van der Waals surface area contributed by atoms with Gasteiger partial charge in [-0.25, -0.2) is 4.39 Å². The summed E-state index contributed by atoms with van der Waals surface area (Å²) in [6.07, 6.45) is 5.99. The lowest BCUT2D eigenvalue weighted by Crippen LogP contribution is -2.43. The van der Waals surface area contributed by atoms with E-state index in [0.29, 0.717) is 0 Å². The van der Waals surface area contributed by atoms with E-state index in [9.17, 15) is 4.39 Å². The molecule has 0 amide bonds. The summed E-state index contributed by atoms with van der Waals surface area (Å²) in [6, 6.07) is 11.7. The number of hydrogen-bond donors (Lipinski definition) is 1. The Morgan fingerprint density at radius 2 is 2.00 bits per heavy atom. The number of anilines is 1. The van der Waals surface area contributed by atoms with Crippen LogP contribution in [0.5, 0.6) is 0 Å². The molecule has 1 N–H and O–H groups in total. The van der Waals surface area contributed by atoms with Gasteiger partial charge in [0.25, 0.3) is 0 Å². The van der Waals surface area contributed by atoms with Crippen LogP contribution in [0.15, 0.2) is 53.6 Å². The number of fused-ring (bicyclic) bond motifs is 2. The molecule has 0 aromatic heterocycles. The maximum Gasteiger partial charge on any atom is 0.137 e. The maximum atomic E-state index is 13.9. The quantitative estimate of drug-likeness (QED) is 0.592. The van der Waals surface area contributed by atoms with E-state index in [0.717, 1.165) is 72.2 Å². The normalized spacial score (nSPS) is 18.3. The first kappa shape index (κ1) is 19.8. The smallest absolute Gasteiger partial charge is 0.137 e. The lowest BCUT2D eigenvalue weighted by atomic mass is 9.72. The van der Waals surface area contributed by atoms with E-state index in [2.05, 4.69) is 35.0 Å². The fourth-order valence-corrected chi connectivity index (χ4v) is 5.20. The van der Waals surface area contributed by atoms with Crippen molar-refractivity contribution in [3.8, 4) is 0 Å².